The van der Waals surface area contributed by atoms with Crippen LogP contribution in [0.15, 0.2) is 23.0 Å². The topological polar surface area (TPSA) is 235 Å². The Morgan fingerprint density at radius 1 is 1.26 bits per heavy atom. The van der Waals surface area contributed by atoms with Gasteiger partial charge in [-0.25, -0.2) is 4.39 Å². The van der Waals surface area contributed by atoms with E-state index in [2.05, 4.69) is 10.6 Å². The van der Waals surface area contributed by atoms with Crippen LogP contribution >= 0.6 is 0 Å². The predicted molar refractivity (Wildman–Crippen MR) is 128 cm³/mol. The SMILES string of the molecule is COCCNCC(=O)Nc1cc(F)c2c(c1O)C(O)=C1C(=O)[C@]3(O)C(O)=C(C(N)=O)C(=O)[C@@H](N)[C@@H]3C[C@@H]1C2. The first-order valence-electron chi connectivity index (χ1n) is 11.6. The number of hydrogen-bond donors (Lipinski definition) is 8. The molecular formula is C24H27FN4O9. The number of fused-ring (bicyclic) bond motifs is 3. The minimum Gasteiger partial charge on any atom is -0.508 e. The van der Waals surface area contributed by atoms with Crippen LogP contribution in [0.5, 0.6) is 5.75 Å². The molecule has 1 aromatic rings. The molecule has 14 heteroatoms. The fourth-order valence-corrected chi connectivity index (χ4v) is 5.41. The lowest BCUT2D eigenvalue weighted by Gasteiger charge is -2.48. The summed E-state index contributed by atoms with van der Waals surface area (Å²) in [6, 6.07) is -0.731. The zero-order valence-corrected chi connectivity index (χ0v) is 20.2. The van der Waals surface area contributed by atoms with E-state index >= 15 is 4.39 Å². The number of aliphatic hydroxyl groups is 3. The quantitative estimate of drug-likeness (QED) is 0.116. The van der Waals surface area contributed by atoms with E-state index in [1.807, 2.05) is 0 Å². The average molecular weight is 534 g/mol. The normalized spacial score (nSPS) is 26.6. The number of phenols is 1. The third-order valence-corrected chi connectivity index (χ3v) is 7.24. The van der Waals surface area contributed by atoms with E-state index in [1.54, 1.807) is 0 Å². The number of methoxy groups -OCH3 is 1. The molecule has 38 heavy (non-hydrogen) atoms. The second kappa shape index (κ2) is 9.79. The first-order chi connectivity index (χ1) is 17.9. The summed E-state index contributed by atoms with van der Waals surface area (Å²) in [5.74, 6) is -10.6. The summed E-state index contributed by atoms with van der Waals surface area (Å²) in [4.78, 5) is 50.1. The van der Waals surface area contributed by atoms with E-state index < -0.39 is 86.7 Å². The van der Waals surface area contributed by atoms with Crippen molar-refractivity contribution in [2.24, 2.45) is 23.3 Å². The number of halogens is 1. The van der Waals surface area contributed by atoms with Gasteiger partial charge in [0.25, 0.3) is 5.91 Å². The summed E-state index contributed by atoms with van der Waals surface area (Å²) in [6.07, 6.45) is -0.497. The van der Waals surface area contributed by atoms with Crippen LogP contribution < -0.4 is 22.1 Å². The third kappa shape index (κ3) is 4.01. The molecule has 2 amide bonds. The summed E-state index contributed by atoms with van der Waals surface area (Å²) in [7, 11) is 1.48. The Morgan fingerprint density at radius 2 is 1.95 bits per heavy atom. The molecule has 1 fully saturated rings. The van der Waals surface area contributed by atoms with Crippen LogP contribution in [0.1, 0.15) is 17.5 Å². The van der Waals surface area contributed by atoms with Gasteiger partial charge in [-0.2, -0.15) is 0 Å². The number of carbonyl (C=O) groups is 4. The van der Waals surface area contributed by atoms with Crippen molar-refractivity contribution in [3.05, 3.63) is 39.9 Å². The number of aliphatic hydroxyl groups excluding tert-OH is 2. The Hall–Kier alpha value is -3.85. The van der Waals surface area contributed by atoms with Crippen molar-refractivity contribution in [3.8, 4) is 5.75 Å². The van der Waals surface area contributed by atoms with Crippen LogP contribution in [0, 0.1) is 17.7 Å². The van der Waals surface area contributed by atoms with E-state index in [1.165, 1.54) is 7.11 Å². The molecule has 3 aliphatic rings. The molecule has 0 spiro atoms. The van der Waals surface area contributed by atoms with Crippen LogP contribution in [-0.2, 0) is 30.3 Å². The number of primary amides is 1. The summed E-state index contributed by atoms with van der Waals surface area (Å²) in [6.45, 7) is 0.486. The number of nitrogens with one attached hydrogen (secondary N) is 2. The number of carbonyl (C=O) groups excluding carboxylic acids is 4. The molecule has 0 heterocycles. The van der Waals surface area contributed by atoms with Crippen LogP contribution in [0.3, 0.4) is 0 Å². The molecule has 0 aromatic heterocycles. The summed E-state index contributed by atoms with van der Waals surface area (Å²) in [5.41, 5.74) is 5.69. The van der Waals surface area contributed by atoms with Crippen molar-refractivity contribution >= 4 is 34.8 Å². The number of hydrogen-bond acceptors (Lipinski definition) is 11. The van der Waals surface area contributed by atoms with Gasteiger partial charge in [-0.05, 0) is 18.8 Å². The van der Waals surface area contributed by atoms with Crippen LogP contribution in [0.2, 0.25) is 0 Å². The van der Waals surface area contributed by atoms with Gasteiger partial charge in [0.2, 0.25) is 11.7 Å². The van der Waals surface area contributed by atoms with Gasteiger partial charge in [0.1, 0.15) is 22.9 Å². The molecule has 0 bridgehead atoms. The maximum atomic E-state index is 15.2. The molecule has 4 atom stereocenters. The van der Waals surface area contributed by atoms with Crippen LogP contribution in [-0.4, -0.2) is 82.3 Å². The molecule has 0 radical (unpaired) electrons. The molecule has 13 nitrogen and oxygen atoms in total. The average Bonchev–Trinajstić information content (AvgIpc) is 2.85. The Morgan fingerprint density at radius 3 is 2.58 bits per heavy atom. The van der Waals surface area contributed by atoms with Gasteiger partial charge in [-0.15, -0.1) is 0 Å². The zero-order valence-electron chi connectivity index (χ0n) is 20.2. The Kier molecular flexibility index (Phi) is 7.01. The molecule has 0 aliphatic heterocycles. The lowest BCUT2D eigenvalue weighted by atomic mass is 9.58. The van der Waals surface area contributed by atoms with Gasteiger partial charge in [-0.3, -0.25) is 19.2 Å². The molecule has 1 aromatic carbocycles. The van der Waals surface area contributed by atoms with Gasteiger partial charge in [0, 0.05) is 36.8 Å². The van der Waals surface area contributed by atoms with Crippen molar-refractivity contribution in [1.82, 2.24) is 5.32 Å². The number of benzene rings is 1. The van der Waals surface area contributed by atoms with Crippen molar-refractivity contribution in [2.45, 2.75) is 24.5 Å². The molecular weight excluding hydrogens is 507 g/mol. The van der Waals surface area contributed by atoms with Gasteiger partial charge < -0.3 is 47.3 Å². The second-order valence-corrected chi connectivity index (χ2v) is 9.40. The second-order valence-electron chi connectivity index (χ2n) is 9.40. The van der Waals surface area contributed by atoms with Gasteiger partial charge in [0.15, 0.2) is 17.1 Å². The number of rotatable bonds is 7. The van der Waals surface area contributed by atoms with Crippen LogP contribution in [0.4, 0.5) is 10.1 Å². The Labute approximate surface area is 214 Å². The summed E-state index contributed by atoms with van der Waals surface area (Å²) >= 11 is 0. The monoisotopic (exact) mass is 534 g/mol. The third-order valence-electron chi connectivity index (χ3n) is 7.24. The zero-order chi connectivity index (χ0) is 28.1. The van der Waals surface area contributed by atoms with E-state index in [4.69, 9.17) is 16.2 Å². The van der Waals surface area contributed by atoms with E-state index in [-0.39, 0.29) is 30.6 Å². The number of phenolic OH excluding ortho intramolecular Hbond substituents is 1. The molecule has 204 valence electrons. The largest absolute Gasteiger partial charge is 0.508 e. The molecule has 4 rings (SSSR count). The molecule has 0 unspecified atom stereocenters. The smallest absolute Gasteiger partial charge is 0.255 e. The number of ketones is 2. The number of Topliss-reactive ketones (excluding diaryl/α,β-unsaturated/α-hetero) is 2. The lowest BCUT2D eigenvalue weighted by molar-refractivity contribution is -0.149. The van der Waals surface area contributed by atoms with Gasteiger partial charge >= 0.3 is 0 Å². The standard InChI is InChI=1S/C24H27FN4O9/c1-38-3-2-28-7-13(30)29-12-6-11(25)9-4-8-5-10-17(26)20(33)16(23(27)36)22(35)24(10,37)21(34)14(8)19(32)15(9)18(12)31/h6,8,10,17,28,31-32,35,37H,2-5,7,26H2,1H3,(H2,27,36)(H,29,30)/t8-,10-,17-,24-/m0/s1. The highest BCUT2D eigenvalue weighted by molar-refractivity contribution is 6.24. The highest BCUT2D eigenvalue weighted by Crippen LogP contribution is 2.52. The number of nitrogens with two attached hydrogens (primary N) is 2. The number of ether oxygens (including phenoxy) is 1. The maximum absolute atomic E-state index is 15.2. The molecule has 3 aliphatic carbocycles. The Bertz CT molecular complexity index is 1320. The van der Waals surface area contributed by atoms with E-state index in [0.29, 0.717) is 13.2 Å². The van der Waals surface area contributed by atoms with Crippen molar-refractivity contribution < 1.29 is 48.7 Å². The van der Waals surface area contributed by atoms with Crippen molar-refractivity contribution in [2.75, 3.05) is 32.1 Å². The summed E-state index contributed by atoms with van der Waals surface area (Å²) in [5, 5.41) is 48.9. The molecule has 1 saturated carbocycles. The first kappa shape index (κ1) is 27.2. The number of amides is 2. The molecule has 10 N–H and O–H groups in total. The fraction of sp³-hybridized carbons (Fsp3) is 0.417. The lowest BCUT2D eigenvalue weighted by Crippen LogP contribution is -2.65. The minimum atomic E-state index is -2.87. The van der Waals surface area contributed by atoms with Gasteiger partial charge in [0.05, 0.1) is 30.4 Å². The Balaban J connectivity index is 1.77. The molecule has 0 saturated heterocycles. The first-order valence-corrected chi connectivity index (χ1v) is 11.6. The van der Waals surface area contributed by atoms with Crippen molar-refractivity contribution in [3.63, 3.8) is 0 Å². The highest BCUT2D eigenvalue weighted by Gasteiger charge is 2.63. The van der Waals surface area contributed by atoms with E-state index in [0.717, 1.165) is 6.07 Å². The minimum absolute atomic E-state index is 0.170. The maximum Gasteiger partial charge on any atom is 0.255 e. The van der Waals surface area contributed by atoms with Gasteiger partial charge in [-0.1, -0.05) is 0 Å². The number of anilines is 1. The van der Waals surface area contributed by atoms with Crippen molar-refractivity contribution in [1.29, 1.82) is 0 Å². The van der Waals surface area contributed by atoms with Crippen LogP contribution in [0.25, 0.3) is 5.76 Å². The fourth-order valence-electron chi connectivity index (χ4n) is 5.41. The summed E-state index contributed by atoms with van der Waals surface area (Å²) < 4.78 is 20.0. The predicted octanol–water partition coefficient (Wildman–Crippen LogP) is -1.33. The highest BCUT2D eigenvalue weighted by atomic mass is 19.1. The number of aromatic hydroxyl groups is 1. The van der Waals surface area contributed by atoms with E-state index in [9.17, 15) is 39.6 Å².